The number of hydrogen-bond acceptors (Lipinski definition) is 6. The molecule has 0 saturated carbocycles. The molecule has 2 heterocycles. The molecule has 0 fully saturated rings. The zero-order chi connectivity index (χ0) is 14.9. The molecule has 0 aliphatic rings. The normalized spacial score (nSPS) is 11.1. The van der Waals surface area contributed by atoms with Gasteiger partial charge in [0.05, 0.1) is 5.52 Å². The van der Waals surface area contributed by atoms with Crippen molar-refractivity contribution < 1.29 is 9.63 Å². The van der Waals surface area contributed by atoms with E-state index in [1.165, 1.54) is 4.68 Å². The van der Waals surface area contributed by atoms with Crippen LogP contribution in [0.3, 0.4) is 0 Å². The summed E-state index contributed by atoms with van der Waals surface area (Å²) in [6.07, 6.45) is 0. The fourth-order valence-electron chi connectivity index (χ4n) is 2.20. The summed E-state index contributed by atoms with van der Waals surface area (Å²) in [6, 6.07) is 14.6. The maximum atomic E-state index is 12.1. The van der Waals surface area contributed by atoms with Crippen molar-refractivity contribution in [2.75, 3.05) is 0 Å². The Morgan fingerprint density at radius 2 is 1.55 bits per heavy atom. The summed E-state index contributed by atoms with van der Waals surface area (Å²) in [5.74, 6) is -0.508. The predicted molar refractivity (Wildman–Crippen MR) is 76.6 cm³/mol. The van der Waals surface area contributed by atoms with Crippen LogP contribution in [0.5, 0.6) is 0 Å². The molecule has 4 aromatic rings. The molecule has 0 spiro atoms. The van der Waals surface area contributed by atoms with Crippen LogP contribution in [0.4, 0.5) is 0 Å². The molecule has 0 amide bonds. The molecule has 0 aliphatic carbocycles. The van der Waals surface area contributed by atoms with Gasteiger partial charge in [0.25, 0.3) is 0 Å². The second kappa shape index (κ2) is 4.92. The highest BCUT2D eigenvalue weighted by Crippen LogP contribution is 2.10. The average Bonchev–Trinajstić information content (AvgIpc) is 3.13. The van der Waals surface area contributed by atoms with E-state index in [1.807, 2.05) is 36.4 Å². The van der Waals surface area contributed by atoms with Gasteiger partial charge in [-0.25, -0.2) is 9.48 Å². The fourth-order valence-corrected chi connectivity index (χ4v) is 2.20. The van der Waals surface area contributed by atoms with E-state index in [0.29, 0.717) is 11.0 Å². The van der Waals surface area contributed by atoms with Gasteiger partial charge in [0, 0.05) is 0 Å². The Bertz CT molecular complexity index is 895. The maximum Gasteiger partial charge on any atom is 0.356 e. The minimum atomic E-state index is -0.508. The molecule has 0 unspecified atom stereocenters. The van der Waals surface area contributed by atoms with E-state index in [1.54, 1.807) is 12.1 Å². The molecule has 8 nitrogen and oxygen atoms in total. The Kier molecular flexibility index (Phi) is 2.78. The van der Waals surface area contributed by atoms with Crippen molar-refractivity contribution in [2.45, 2.75) is 6.54 Å². The second-order valence-electron chi connectivity index (χ2n) is 4.65. The standard InChI is InChI=1S/C14H10N6O2/c21-14(9-19-12-7-3-1-5-10(12)15-17-19)22-20-13-8-4-2-6-11(13)16-18-20/h1-8H,9H2. The van der Waals surface area contributed by atoms with Crippen molar-refractivity contribution >= 4 is 28.0 Å². The van der Waals surface area contributed by atoms with Gasteiger partial charge in [0.2, 0.25) is 0 Å². The quantitative estimate of drug-likeness (QED) is 0.520. The van der Waals surface area contributed by atoms with Gasteiger partial charge in [-0.3, -0.25) is 0 Å². The highest BCUT2D eigenvalue weighted by Gasteiger charge is 2.13. The maximum absolute atomic E-state index is 12.1. The van der Waals surface area contributed by atoms with Gasteiger partial charge in [-0.05, 0) is 29.5 Å². The van der Waals surface area contributed by atoms with Crippen molar-refractivity contribution in [1.82, 2.24) is 30.2 Å². The fraction of sp³-hybridized carbons (Fsp3) is 0.0714. The summed E-state index contributed by atoms with van der Waals surface area (Å²) in [5, 5.41) is 15.7. The van der Waals surface area contributed by atoms with E-state index in [9.17, 15) is 4.79 Å². The van der Waals surface area contributed by atoms with Gasteiger partial charge >= 0.3 is 5.97 Å². The Hall–Kier alpha value is -3.29. The van der Waals surface area contributed by atoms with Crippen LogP contribution in [0.2, 0.25) is 0 Å². The number of carbonyl (C=O) groups excluding carboxylic acids is 1. The van der Waals surface area contributed by atoms with Crippen LogP contribution >= 0.6 is 0 Å². The van der Waals surface area contributed by atoms with Crippen molar-refractivity contribution in [2.24, 2.45) is 0 Å². The Morgan fingerprint density at radius 3 is 2.36 bits per heavy atom. The molecular weight excluding hydrogens is 284 g/mol. The van der Waals surface area contributed by atoms with Gasteiger partial charge in [-0.15, -0.1) is 10.2 Å². The summed E-state index contributed by atoms with van der Waals surface area (Å²) in [7, 11) is 0. The number of hydrogen-bond donors (Lipinski definition) is 0. The third kappa shape index (κ3) is 2.06. The van der Waals surface area contributed by atoms with Crippen LogP contribution in [0.15, 0.2) is 48.5 Å². The lowest BCUT2D eigenvalue weighted by Gasteiger charge is -2.03. The first kappa shape index (κ1) is 12.5. The van der Waals surface area contributed by atoms with Gasteiger partial charge in [0.15, 0.2) is 0 Å². The SMILES string of the molecule is O=C(Cn1nnc2ccccc21)On1nnc2ccccc21. The van der Waals surface area contributed by atoms with Crippen molar-refractivity contribution in [1.29, 1.82) is 0 Å². The second-order valence-corrected chi connectivity index (χ2v) is 4.65. The lowest BCUT2D eigenvalue weighted by molar-refractivity contribution is -0.146. The first-order valence-electron chi connectivity index (χ1n) is 6.61. The zero-order valence-electron chi connectivity index (χ0n) is 11.3. The number of aromatic nitrogens is 6. The Morgan fingerprint density at radius 1 is 0.909 bits per heavy atom. The lowest BCUT2D eigenvalue weighted by atomic mass is 10.3. The minimum absolute atomic E-state index is 0.0608. The van der Waals surface area contributed by atoms with E-state index in [0.717, 1.165) is 15.9 Å². The molecule has 0 N–H and O–H groups in total. The number of benzene rings is 2. The Labute approximate surface area is 123 Å². The summed E-state index contributed by atoms with van der Waals surface area (Å²) < 4.78 is 1.48. The number of nitrogens with zero attached hydrogens (tertiary/aromatic N) is 6. The number of para-hydroxylation sites is 2. The van der Waals surface area contributed by atoms with Crippen LogP contribution in [0.25, 0.3) is 22.1 Å². The Balaban J connectivity index is 1.58. The van der Waals surface area contributed by atoms with Gasteiger partial charge in [-0.2, -0.15) is 0 Å². The molecule has 0 atom stereocenters. The highest BCUT2D eigenvalue weighted by molar-refractivity contribution is 5.78. The van der Waals surface area contributed by atoms with E-state index in [-0.39, 0.29) is 6.54 Å². The van der Waals surface area contributed by atoms with E-state index in [4.69, 9.17) is 4.84 Å². The largest absolute Gasteiger partial charge is 0.356 e. The average molecular weight is 294 g/mol. The highest BCUT2D eigenvalue weighted by atomic mass is 16.7. The van der Waals surface area contributed by atoms with Gasteiger partial charge < -0.3 is 4.84 Å². The van der Waals surface area contributed by atoms with Crippen molar-refractivity contribution in [3.63, 3.8) is 0 Å². The predicted octanol–water partition coefficient (Wildman–Crippen LogP) is 0.831. The molecule has 0 aliphatic heterocycles. The van der Waals surface area contributed by atoms with Crippen molar-refractivity contribution in [3.05, 3.63) is 48.5 Å². The van der Waals surface area contributed by atoms with Gasteiger partial charge in [0.1, 0.15) is 23.1 Å². The summed E-state index contributed by atoms with van der Waals surface area (Å²) >= 11 is 0. The first-order chi connectivity index (χ1) is 10.8. The molecule has 0 bridgehead atoms. The monoisotopic (exact) mass is 294 g/mol. The third-order valence-corrected chi connectivity index (χ3v) is 3.21. The summed E-state index contributed by atoms with van der Waals surface area (Å²) in [5.41, 5.74) is 2.77. The topological polar surface area (TPSA) is 87.7 Å². The van der Waals surface area contributed by atoms with E-state index < -0.39 is 5.97 Å². The molecule has 108 valence electrons. The van der Waals surface area contributed by atoms with Crippen LogP contribution in [-0.2, 0) is 11.3 Å². The molecule has 8 heteroatoms. The van der Waals surface area contributed by atoms with E-state index >= 15 is 0 Å². The summed E-state index contributed by atoms with van der Waals surface area (Å²) in [4.78, 5) is 18.4. The van der Waals surface area contributed by atoms with Crippen LogP contribution in [-0.4, -0.2) is 36.1 Å². The molecule has 2 aromatic carbocycles. The molecular formula is C14H10N6O2. The van der Waals surface area contributed by atoms with E-state index in [2.05, 4.69) is 20.6 Å². The van der Waals surface area contributed by atoms with Crippen LogP contribution in [0.1, 0.15) is 0 Å². The number of carbonyl (C=O) groups is 1. The van der Waals surface area contributed by atoms with Crippen LogP contribution < -0.4 is 4.84 Å². The zero-order valence-corrected chi connectivity index (χ0v) is 11.3. The van der Waals surface area contributed by atoms with Gasteiger partial charge in [-0.1, -0.05) is 34.3 Å². The van der Waals surface area contributed by atoms with Crippen molar-refractivity contribution in [3.8, 4) is 0 Å². The number of fused-ring (bicyclic) bond motifs is 2. The summed E-state index contributed by atoms with van der Waals surface area (Å²) in [6.45, 7) is -0.0608. The molecule has 0 radical (unpaired) electrons. The minimum Gasteiger partial charge on any atom is -0.315 e. The lowest BCUT2D eigenvalue weighted by Crippen LogP contribution is -2.25. The smallest absolute Gasteiger partial charge is 0.315 e. The molecule has 0 saturated heterocycles. The molecule has 2 aromatic heterocycles. The molecule has 4 rings (SSSR count). The van der Waals surface area contributed by atoms with Crippen LogP contribution in [0, 0.1) is 0 Å². The third-order valence-electron chi connectivity index (χ3n) is 3.21. The number of rotatable bonds is 3. The first-order valence-corrected chi connectivity index (χ1v) is 6.61. The molecule has 22 heavy (non-hydrogen) atoms.